The number of nitrogens with zero attached hydrogens (tertiary/aromatic N) is 1. The van der Waals surface area contributed by atoms with Crippen molar-refractivity contribution in [3.63, 3.8) is 0 Å². The Morgan fingerprint density at radius 2 is 1.88 bits per heavy atom. The quantitative estimate of drug-likeness (QED) is 0.609. The predicted octanol–water partition coefficient (Wildman–Crippen LogP) is 3.01. The highest BCUT2D eigenvalue weighted by Crippen LogP contribution is 2.32. The third-order valence-corrected chi connectivity index (χ3v) is 4.45. The van der Waals surface area contributed by atoms with Gasteiger partial charge in [0.1, 0.15) is 16.3 Å². The fraction of sp³-hybridized carbons (Fsp3) is 0.250. The Labute approximate surface area is 140 Å². The lowest BCUT2D eigenvalue weighted by Gasteiger charge is -2.12. The SMILES string of the molecule is CCOc1ccccc1CNc1cccc(S(C)(=O)=O)c1[N+](=O)[O-]. The summed E-state index contributed by atoms with van der Waals surface area (Å²) in [5.74, 6) is 0.675. The molecular formula is C16H18N2O5S. The molecule has 8 heteroatoms. The average molecular weight is 350 g/mol. The monoisotopic (exact) mass is 350 g/mol. The highest BCUT2D eigenvalue weighted by molar-refractivity contribution is 7.90. The maximum Gasteiger partial charge on any atom is 0.310 e. The number of para-hydroxylation sites is 2. The summed E-state index contributed by atoms with van der Waals surface area (Å²) in [6.45, 7) is 2.63. The van der Waals surface area contributed by atoms with E-state index >= 15 is 0 Å². The standard InChI is InChI=1S/C16H18N2O5S/c1-3-23-14-9-5-4-7-12(14)11-17-13-8-6-10-15(24(2,21)22)16(13)18(19)20/h4-10,17H,3,11H2,1-2H3. The normalized spacial score (nSPS) is 11.1. The number of nitrogens with one attached hydrogen (secondary N) is 1. The number of nitro benzene ring substituents is 1. The average Bonchev–Trinajstić information content (AvgIpc) is 2.53. The van der Waals surface area contributed by atoms with Crippen molar-refractivity contribution in [1.29, 1.82) is 0 Å². The Balaban J connectivity index is 2.36. The molecular weight excluding hydrogens is 332 g/mol. The highest BCUT2D eigenvalue weighted by Gasteiger charge is 2.26. The van der Waals surface area contributed by atoms with Crippen LogP contribution in [-0.4, -0.2) is 26.2 Å². The predicted molar refractivity (Wildman–Crippen MR) is 91.1 cm³/mol. The molecule has 2 aromatic rings. The van der Waals surface area contributed by atoms with E-state index in [9.17, 15) is 18.5 Å². The molecule has 2 rings (SSSR count). The first-order chi connectivity index (χ1) is 11.3. The van der Waals surface area contributed by atoms with Crippen molar-refractivity contribution >= 4 is 21.2 Å². The molecule has 0 saturated carbocycles. The first-order valence-corrected chi connectivity index (χ1v) is 9.15. The Kier molecular flexibility index (Phi) is 5.40. The van der Waals surface area contributed by atoms with Gasteiger partial charge in [0, 0.05) is 18.4 Å². The van der Waals surface area contributed by atoms with Gasteiger partial charge in [0.2, 0.25) is 0 Å². The molecule has 0 spiro atoms. The zero-order valence-corrected chi connectivity index (χ0v) is 14.2. The maximum absolute atomic E-state index is 11.8. The van der Waals surface area contributed by atoms with Crippen molar-refractivity contribution in [2.45, 2.75) is 18.4 Å². The summed E-state index contributed by atoms with van der Waals surface area (Å²) in [4.78, 5) is 10.3. The second-order valence-electron chi connectivity index (χ2n) is 5.08. The number of hydrogen-bond donors (Lipinski definition) is 1. The Bertz CT molecular complexity index is 849. The first kappa shape index (κ1) is 17.7. The summed E-state index contributed by atoms with van der Waals surface area (Å²) < 4.78 is 29.1. The summed E-state index contributed by atoms with van der Waals surface area (Å²) in [7, 11) is -3.71. The van der Waals surface area contributed by atoms with Crippen LogP contribution in [0.5, 0.6) is 5.75 Å². The summed E-state index contributed by atoms with van der Waals surface area (Å²) in [6, 6.07) is 11.5. The van der Waals surface area contributed by atoms with E-state index < -0.39 is 20.4 Å². The molecule has 0 saturated heterocycles. The van der Waals surface area contributed by atoms with Crippen molar-refractivity contribution in [3.05, 3.63) is 58.1 Å². The van der Waals surface area contributed by atoms with Crippen LogP contribution >= 0.6 is 0 Å². The zero-order chi connectivity index (χ0) is 17.7. The van der Waals surface area contributed by atoms with Crippen LogP contribution in [0, 0.1) is 10.1 Å². The van der Waals surface area contributed by atoms with Crippen molar-refractivity contribution in [1.82, 2.24) is 0 Å². The van der Waals surface area contributed by atoms with Crippen LogP contribution in [0.3, 0.4) is 0 Å². The van der Waals surface area contributed by atoms with E-state index in [0.29, 0.717) is 12.4 Å². The van der Waals surface area contributed by atoms with Crippen LogP contribution in [0.2, 0.25) is 0 Å². The molecule has 0 radical (unpaired) electrons. The van der Waals surface area contributed by atoms with E-state index in [4.69, 9.17) is 4.74 Å². The topological polar surface area (TPSA) is 98.5 Å². The minimum Gasteiger partial charge on any atom is -0.494 e. The fourth-order valence-corrected chi connectivity index (χ4v) is 3.15. The first-order valence-electron chi connectivity index (χ1n) is 7.26. The van der Waals surface area contributed by atoms with Gasteiger partial charge in [-0.15, -0.1) is 0 Å². The highest BCUT2D eigenvalue weighted by atomic mass is 32.2. The molecule has 0 unspecified atom stereocenters. The molecule has 0 atom stereocenters. The smallest absolute Gasteiger partial charge is 0.310 e. The van der Waals surface area contributed by atoms with Crippen molar-refractivity contribution < 1.29 is 18.1 Å². The van der Waals surface area contributed by atoms with E-state index in [1.54, 1.807) is 0 Å². The van der Waals surface area contributed by atoms with Gasteiger partial charge in [0.15, 0.2) is 9.84 Å². The number of ether oxygens (including phenoxy) is 1. The number of benzene rings is 2. The molecule has 0 amide bonds. The van der Waals surface area contributed by atoms with Gasteiger partial charge in [0.25, 0.3) is 0 Å². The third-order valence-electron chi connectivity index (χ3n) is 3.32. The largest absolute Gasteiger partial charge is 0.494 e. The van der Waals surface area contributed by atoms with Gasteiger partial charge in [-0.1, -0.05) is 24.3 Å². The fourth-order valence-electron chi connectivity index (χ4n) is 2.29. The van der Waals surface area contributed by atoms with Crippen molar-refractivity contribution in [2.24, 2.45) is 0 Å². The van der Waals surface area contributed by atoms with Crippen LogP contribution in [0.25, 0.3) is 0 Å². The summed E-state index contributed by atoms with van der Waals surface area (Å²) in [6.07, 6.45) is 0.948. The lowest BCUT2D eigenvalue weighted by molar-refractivity contribution is -0.386. The number of nitro groups is 1. The van der Waals surface area contributed by atoms with Crippen LogP contribution in [0.15, 0.2) is 47.4 Å². The molecule has 0 aliphatic carbocycles. The van der Waals surface area contributed by atoms with Crippen LogP contribution in [0.1, 0.15) is 12.5 Å². The van der Waals surface area contributed by atoms with E-state index in [2.05, 4.69) is 5.32 Å². The Morgan fingerprint density at radius 3 is 2.50 bits per heavy atom. The molecule has 128 valence electrons. The molecule has 0 aromatic heterocycles. The van der Waals surface area contributed by atoms with Gasteiger partial charge in [-0.05, 0) is 25.1 Å². The van der Waals surface area contributed by atoms with E-state index in [1.807, 2.05) is 31.2 Å². The maximum atomic E-state index is 11.8. The second-order valence-corrected chi connectivity index (χ2v) is 7.06. The number of rotatable bonds is 7. The molecule has 0 aliphatic heterocycles. The molecule has 0 bridgehead atoms. The molecule has 1 N–H and O–H groups in total. The molecule has 0 fully saturated rings. The van der Waals surface area contributed by atoms with Gasteiger partial charge >= 0.3 is 5.69 Å². The van der Waals surface area contributed by atoms with E-state index in [-0.39, 0.29) is 17.1 Å². The van der Waals surface area contributed by atoms with Crippen molar-refractivity contribution in [3.8, 4) is 5.75 Å². The summed E-state index contributed by atoms with van der Waals surface area (Å²) >= 11 is 0. The number of hydrogen-bond acceptors (Lipinski definition) is 6. The zero-order valence-electron chi connectivity index (χ0n) is 13.4. The molecule has 0 heterocycles. The molecule has 7 nitrogen and oxygen atoms in total. The summed E-state index contributed by atoms with van der Waals surface area (Å²) in [5, 5.41) is 14.3. The van der Waals surface area contributed by atoms with E-state index in [0.717, 1.165) is 11.8 Å². The minimum atomic E-state index is -3.71. The van der Waals surface area contributed by atoms with Gasteiger partial charge in [-0.3, -0.25) is 10.1 Å². The third kappa shape index (κ3) is 4.02. The van der Waals surface area contributed by atoms with Crippen LogP contribution in [-0.2, 0) is 16.4 Å². The van der Waals surface area contributed by atoms with Gasteiger partial charge in [-0.2, -0.15) is 0 Å². The molecule has 0 aliphatic rings. The van der Waals surface area contributed by atoms with Crippen LogP contribution < -0.4 is 10.1 Å². The van der Waals surface area contributed by atoms with Crippen LogP contribution in [0.4, 0.5) is 11.4 Å². The summed E-state index contributed by atoms with van der Waals surface area (Å²) in [5.41, 5.74) is 0.515. The lowest BCUT2D eigenvalue weighted by atomic mass is 10.2. The van der Waals surface area contributed by atoms with Gasteiger partial charge in [-0.25, -0.2) is 8.42 Å². The van der Waals surface area contributed by atoms with E-state index in [1.165, 1.54) is 18.2 Å². The molecule has 24 heavy (non-hydrogen) atoms. The van der Waals surface area contributed by atoms with Crippen molar-refractivity contribution in [2.75, 3.05) is 18.2 Å². The lowest BCUT2D eigenvalue weighted by Crippen LogP contribution is -2.08. The Morgan fingerprint density at radius 1 is 1.17 bits per heavy atom. The minimum absolute atomic E-state index is 0.147. The number of anilines is 1. The Hall–Kier alpha value is -2.61. The number of sulfone groups is 1. The van der Waals surface area contributed by atoms with Gasteiger partial charge in [0.05, 0.1) is 11.5 Å². The van der Waals surface area contributed by atoms with Gasteiger partial charge < -0.3 is 10.1 Å². The molecule has 2 aromatic carbocycles. The second kappa shape index (κ2) is 7.31.